The zero-order valence-electron chi connectivity index (χ0n) is 81.6. The molecule has 2 aliphatic heterocycles. The Kier molecular flexibility index (Phi) is 13.0. The van der Waals surface area contributed by atoms with E-state index in [2.05, 4.69) is 46.2 Å². The zero-order chi connectivity index (χ0) is 91.2. The molecule has 4 nitrogen and oxygen atoms in total. The van der Waals surface area contributed by atoms with Crippen molar-refractivity contribution in [2.24, 2.45) is 0 Å². The molecule has 0 spiro atoms. The van der Waals surface area contributed by atoms with Crippen LogP contribution in [0.15, 0.2) is 364 Å². The van der Waals surface area contributed by atoms with Crippen molar-refractivity contribution >= 4 is 91.3 Å². The monoisotopic (exact) mass is 1420 g/mol. The lowest BCUT2D eigenvalue weighted by atomic mass is 9.33. The smallest absolute Gasteiger partial charge is 0.252 e. The average Bonchev–Trinajstić information content (AvgIpc) is 0.681. The van der Waals surface area contributed by atoms with Crippen LogP contribution in [-0.2, 0) is 10.8 Å². The second-order valence-corrected chi connectivity index (χ2v) is 30.4. The number of benzene rings is 15. The number of hydrogen-bond acceptors (Lipinski definition) is 4. The van der Waals surface area contributed by atoms with Crippen LogP contribution in [0.1, 0.15) is 124 Å². The first kappa shape index (κ1) is 49.4. The topological polar surface area (TPSA) is 13.0 Å². The molecule has 0 atom stereocenters. The number of anilines is 12. The van der Waals surface area contributed by atoms with E-state index >= 15 is 0 Å². The average molecular weight is 1430 g/mol. The van der Waals surface area contributed by atoms with Crippen molar-refractivity contribution < 1.29 is 27.4 Å². The predicted molar refractivity (Wildman–Crippen MR) is 466 cm³/mol. The van der Waals surface area contributed by atoms with E-state index in [0.29, 0.717) is 74.2 Å². The quantitative estimate of drug-likeness (QED) is 0.0949. The third-order valence-corrected chi connectivity index (χ3v) is 21.6. The maximum absolute atomic E-state index is 10.2. The van der Waals surface area contributed by atoms with E-state index in [1.807, 2.05) is 233 Å². The summed E-state index contributed by atoms with van der Waals surface area (Å²) in [6, 6.07) is 67.5. The molecule has 1 aliphatic carbocycles. The maximum Gasteiger partial charge on any atom is 0.252 e. The van der Waals surface area contributed by atoms with Crippen molar-refractivity contribution in [1.82, 2.24) is 0 Å². The zero-order valence-corrected chi connectivity index (χ0v) is 61.6. The Bertz CT molecular complexity index is 6310. The number of para-hydroxylation sites is 4. The fourth-order valence-electron chi connectivity index (χ4n) is 16.3. The van der Waals surface area contributed by atoms with Crippen LogP contribution in [0.2, 0.25) is 0 Å². The normalized spacial score (nSPS) is 15.9. The van der Waals surface area contributed by atoms with E-state index in [4.69, 9.17) is 5.48 Å². The molecule has 0 saturated heterocycles. The third-order valence-electron chi connectivity index (χ3n) is 21.6. The lowest BCUT2D eigenvalue weighted by Crippen LogP contribution is -2.61. The minimum absolute atomic E-state index is 0.0427. The van der Waals surface area contributed by atoms with Gasteiger partial charge in [-0.25, -0.2) is 0 Å². The van der Waals surface area contributed by atoms with Gasteiger partial charge in [0.05, 0.1) is 38.8 Å². The van der Waals surface area contributed by atoms with Crippen LogP contribution in [0.5, 0.6) is 0 Å². The van der Waals surface area contributed by atoms with Gasteiger partial charge in [0.15, 0.2) is 0 Å². The van der Waals surface area contributed by atoms with Gasteiger partial charge in [-0.1, -0.05) is 303 Å². The molecule has 2 heterocycles. The molecule has 18 rings (SSSR count). The fourth-order valence-corrected chi connectivity index (χ4v) is 16.3. The van der Waals surface area contributed by atoms with E-state index in [-0.39, 0.29) is 61.8 Å². The predicted octanol–water partition coefficient (Wildman–Crippen LogP) is 27.4. The summed E-state index contributed by atoms with van der Waals surface area (Å²) in [5, 5.41) is 0. The maximum atomic E-state index is 10.2. The number of hydrogen-bond donors (Lipinski definition) is 0. The van der Waals surface area contributed by atoms with Gasteiger partial charge in [0.2, 0.25) is 0 Å². The van der Waals surface area contributed by atoms with Crippen molar-refractivity contribution in [3.8, 4) is 66.8 Å². The molecule has 528 valence electrons. The molecular formula is C104H89BN4. The molecule has 15 aromatic rings. The SMILES string of the molecule is [2H]c1c([2H])c([2H])c(-c2cc(C(C)(C)C)cc(-c3c([2H])c([2H])c([2H])c([2H])c3[2H])c2N2c3ccc(-c4cccc(N(c5ccccc5)c5ccccc5)c4)cc3B3c4cc(-c5cccc(N(c6ccccc6)c6ccccc6)c5)ccc4N(c4c(-c5c([2H])c([2H])c([2H])c([2H])c5[2H])cc(C(C)(C)C)cc4-c4c([2H])c([2H])c([2H])c([2H])c4[2H])c4cc(C5CCCCC5)cc2c43)c([2H])c1[2H]. The van der Waals surface area contributed by atoms with Crippen molar-refractivity contribution in [1.29, 1.82) is 0 Å². The van der Waals surface area contributed by atoms with Crippen molar-refractivity contribution in [2.75, 3.05) is 19.6 Å². The highest BCUT2D eigenvalue weighted by Crippen LogP contribution is 2.56. The molecule has 3 aliphatic rings. The van der Waals surface area contributed by atoms with Gasteiger partial charge < -0.3 is 19.6 Å². The number of fused-ring (bicyclic) bond motifs is 4. The lowest BCUT2D eigenvalue weighted by Gasteiger charge is -2.46. The lowest BCUT2D eigenvalue weighted by molar-refractivity contribution is 0.444. The summed E-state index contributed by atoms with van der Waals surface area (Å²) in [5.74, 6) is -0.222. The van der Waals surface area contributed by atoms with Crippen LogP contribution in [0, 0.1) is 0 Å². The Balaban J connectivity index is 1.07. The Morgan fingerprint density at radius 1 is 0.303 bits per heavy atom. The minimum atomic E-state index is -0.959. The summed E-state index contributed by atoms with van der Waals surface area (Å²) in [4.78, 5) is 8.28. The molecule has 0 N–H and O–H groups in total. The summed E-state index contributed by atoms with van der Waals surface area (Å²) in [7, 11) is 0. The molecule has 0 bridgehead atoms. The van der Waals surface area contributed by atoms with E-state index in [1.165, 1.54) is 0 Å². The van der Waals surface area contributed by atoms with E-state index in [1.54, 1.807) is 24.3 Å². The summed E-state index contributed by atoms with van der Waals surface area (Å²) in [6.45, 7) is 10.6. The molecule has 0 unspecified atom stereocenters. The van der Waals surface area contributed by atoms with Gasteiger partial charge >= 0.3 is 0 Å². The van der Waals surface area contributed by atoms with E-state index < -0.39 is 138 Å². The molecular weight excluding hydrogens is 1320 g/mol. The van der Waals surface area contributed by atoms with E-state index in [0.717, 1.165) is 70.1 Å². The highest BCUT2D eigenvalue weighted by molar-refractivity contribution is 7.00. The first-order chi connectivity index (χ1) is 61.6. The second-order valence-electron chi connectivity index (χ2n) is 30.4. The fraction of sp³-hybridized carbons (Fsp3) is 0.135. The molecule has 5 heteroatoms. The van der Waals surface area contributed by atoms with Crippen molar-refractivity contribution in [2.45, 2.75) is 90.4 Å². The highest BCUT2D eigenvalue weighted by atomic mass is 15.2. The Morgan fingerprint density at radius 3 is 0.936 bits per heavy atom. The minimum Gasteiger partial charge on any atom is -0.310 e. The van der Waals surface area contributed by atoms with Gasteiger partial charge in [-0.2, -0.15) is 0 Å². The Morgan fingerprint density at radius 2 is 0.615 bits per heavy atom. The number of rotatable bonds is 15. The van der Waals surface area contributed by atoms with Gasteiger partial charge in [-0.15, -0.1) is 0 Å². The van der Waals surface area contributed by atoms with Gasteiger partial charge in [0, 0.05) is 79.1 Å². The summed E-state index contributed by atoms with van der Waals surface area (Å²) >= 11 is 0. The summed E-state index contributed by atoms with van der Waals surface area (Å²) in [6.07, 6.45) is 3.92. The largest absolute Gasteiger partial charge is 0.310 e. The summed E-state index contributed by atoms with van der Waals surface area (Å²) < 4.78 is 195. The molecule has 1 saturated carbocycles. The Hall–Kier alpha value is -12.4. The molecule has 15 aromatic carbocycles. The van der Waals surface area contributed by atoms with Gasteiger partial charge in [-0.05, 0) is 229 Å². The van der Waals surface area contributed by atoms with Crippen LogP contribution >= 0.6 is 0 Å². The Labute approximate surface area is 672 Å². The van der Waals surface area contributed by atoms with Crippen LogP contribution in [-0.4, -0.2) is 6.71 Å². The van der Waals surface area contributed by atoms with Gasteiger partial charge in [-0.3, -0.25) is 0 Å². The molecule has 109 heavy (non-hydrogen) atoms. The number of nitrogens with zero attached hydrogens (tertiary/aromatic N) is 4. The standard InChI is InChI=1S/C104H89BN4/c1-103(2,3)82-68-90(73-38-18-8-19-39-73)101(91(69-82)74-40-20-9-21-41-74)108-96-60-58-79(77-46-34-56-88(62-77)106(84-48-26-12-27-49-84)85-50-28-13-29-51-85)64-94(96)105-95-65-80(78-47-35-57-89(63-78)107(86-52-30-14-31-53-86)87-54-32-15-33-55-87)59-61-97(95)109(99-67-81(66-98(108)100(99)105)72-36-16-7-17-37-72)102-92(75-42-22-10-23-43-75)70-83(104(4,5)6)71-93(102)76-44-24-11-25-45-76/h8-15,18-35,38-72H,7,16-17,36-37H2,1-6H3/i8D,9D,10D,11D,18D,19D,20D,21D,22D,23D,24D,25D,38D,39D,40D,41D,42D,43D,44D,45D. The summed E-state index contributed by atoms with van der Waals surface area (Å²) in [5.41, 5.74) is 10.9. The third kappa shape index (κ3) is 13.0. The molecule has 0 aromatic heterocycles. The first-order valence-electron chi connectivity index (χ1n) is 47.4. The van der Waals surface area contributed by atoms with Crippen LogP contribution < -0.4 is 36.0 Å². The van der Waals surface area contributed by atoms with Crippen molar-refractivity contribution in [3.63, 3.8) is 0 Å². The van der Waals surface area contributed by atoms with Crippen LogP contribution in [0.25, 0.3) is 66.8 Å². The van der Waals surface area contributed by atoms with Crippen molar-refractivity contribution in [3.05, 3.63) is 380 Å². The van der Waals surface area contributed by atoms with Crippen LogP contribution in [0.4, 0.5) is 68.2 Å². The molecule has 0 radical (unpaired) electrons. The van der Waals surface area contributed by atoms with Gasteiger partial charge in [0.1, 0.15) is 0 Å². The second kappa shape index (κ2) is 28.7. The van der Waals surface area contributed by atoms with Gasteiger partial charge in [0.25, 0.3) is 6.71 Å². The molecule has 1 fully saturated rings. The van der Waals surface area contributed by atoms with Crippen LogP contribution in [0.3, 0.4) is 0 Å². The molecule has 0 amide bonds. The highest BCUT2D eigenvalue weighted by Gasteiger charge is 2.46. The first-order valence-corrected chi connectivity index (χ1v) is 37.4. The van der Waals surface area contributed by atoms with E-state index in [9.17, 15) is 21.9 Å².